The lowest BCUT2D eigenvalue weighted by Gasteiger charge is -2.30. The van der Waals surface area contributed by atoms with E-state index >= 15 is 0 Å². The number of hydrogen-bond donors (Lipinski definition) is 0. The molecule has 0 fully saturated rings. The Bertz CT molecular complexity index is 668. The molecule has 0 radical (unpaired) electrons. The van der Waals surface area contributed by atoms with Crippen LogP contribution in [-0.2, 0) is 9.53 Å². The lowest BCUT2D eigenvalue weighted by molar-refractivity contribution is -0.150. The maximum absolute atomic E-state index is 12.0. The van der Waals surface area contributed by atoms with Gasteiger partial charge in [-0.1, -0.05) is 36.4 Å². The molecule has 0 aliphatic rings. The number of benzene rings is 2. The summed E-state index contributed by atoms with van der Waals surface area (Å²) in [5, 5.41) is 8.83. The van der Waals surface area contributed by atoms with E-state index in [0.29, 0.717) is 18.7 Å². The largest absolute Gasteiger partial charge is 0.482 e. The normalized spacial score (nSPS) is 11.2. The number of ether oxygens (including phenoxy) is 2. The zero-order valence-corrected chi connectivity index (χ0v) is 13.6. The number of anilines is 1. The first-order chi connectivity index (χ1) is 11.7. The van der Waals surface area contributed by atoms with Gasteiger partial charge in [-0.3, -0.25) is 0 Å². The van der Waals surface area contributed by atoms with Gasteiger partial charge in [-0.2, -0.15) is 5.26 Å². The van der Waals surface area contributed by atoms with Crippen LogP contribution < -0.4 is 9.64 Å². The lowest BCUT2D eigenvalue weighted by atomic mass is 10.2. The molecule has 0 aromatic heterocycles. The zero-order valence-electron chi connectivity index (χ0n) is 13.6. The fourth-order valence-electron chi connectivity index (χ4n) is 2.26. The fourth-order valence-corrected chi connectivity index (χ4v) is 2.26. The van der Waals surface area contributed by atoms with Crippen LogP contribution in [0.3, 0.4) is 0 Å². The van der Waals surface area contributed by atoms with Crippen molar-refractivity contribution in [2.45, 2.75) is 19.6 Å². The summed E-state index contributed by atoms with van der Waals surface area (Å²) in [4.78, 5) is 13.9. The third kappa shape index (κ3) is 5.33. The van der Waals surface area contributed by atoms with E-state index in [1.165, 1.54) is 0 Å². The summed E-state index contributed by atoms with van der Waals surface area (Å²) >= 11 is 0. The Morgan fingerprint density at radius 1 is 1.12 bits per heavy atom. The quantitative estimate of drug-likeness (QED) is 0.550. The molecular weight excluding hydrogens is 304 g/mol. The molecule has 1 unspecified atom stereocenters. The van der Waals surface area contributed by atoms with Crippen LogP contribution in [0.5, 0.6) is 5.75 Å². The smallest absolute Gasteiger partial charge is 0.346 e. The van der Waals surface area contributed by atoms with Crippen molar-refractivity contribution >= 4 is 11.7 Å². The van der Waals surface area contributed by atoms with Gasteiger partial charge in [-0.15, -0.1) is 0 Å². The van der Waals surface area contributed by atoms with Crippen molar-refractivity contribution in [3.05, 3.63) is 60.7 Å². The Hall–Kier alpha value is -3.00. The molecule has 0 spiro atoms. The van der Waals surface area contributed by atoms with Crippen molar-refractivity contribution in [1.82, 2.24) is 0 Å². The molecule has 2 rings (SSSR count). The average Bonchev–Trinajstić information content (AvgIpc) is 2.62. The second kappa shape index (κ2) is 9.21. The number of nitrogens with zero attached hydrogens (tertiary/aromatic N) is 2. The molecule has 124 valence electrons. The van der Waals surface area contributed by atoms with Crippen molar-refractivity contribution in [3.63, 3.8) is 0 Å². The summed E-state index contributed by atoms with van der Waals surface area (Å²) in [6, 6.07) is 20.8. The minimum atomic E-state index is -0.493. The highest BCUT2D eigenvalue weighted by molar-refractivity contribution is 5.71. The van der Waals surface area contributed by atoms with Gasteiger partial charge in [0.25, 0.3) is 0 Å². The van der Waals surface area contributed by atoms with E-state index in [2.05, 4.69) is 6.07 Å². The topological polar surface area (TPSA) is 62.6 Å². The van der Waals surface area contributed by atoms with Crippen LogP contribution in [-0.4, -0.2) is 25.3 Å². The first kappa shape index (κ1) is 17.4. The lowest BCUT2D eigenvalue weighted by Crippen LogP contribution is -2.38. The summed E-state index contributed by atoms with van der Waals surface area (Å²) in [6.07, 6.45) is -0.148. The molecule has 5 nitrogen and oxygen atoms in total. The average molecular weight is 324 g/mol. The molecule has 0 N–H and O–H groups in total. The van der Waals surface area contributed by atoms with Gasteiger partial charge >= 0.3 is 5.97 Å². The Kier molecular flexibility index (Phi) is 6.66. The summed E-state index contributed by atoms with van der Waals surface area (Å²) < 4.78 is 10.8. The van der Waals surface area contributed by atoms with Gasteiger partial charge in [0.15, 0.2) is 12.8 Å². The van der Waals surface area contributed by atoms with Crippen LogP contribution in [0.15, 0.2) is 60.7 Å². The maximum atomic E-state index is 12.0. The van der Waals surface area contributed by atoms with Crippen LogP contribution in [0.4, 0.5) is 5.69 Å². The highest BCUT2D eigenvalue weighted by Gasteiger charge is 2.18. The molecule has 0 bridgehead atoms. The van der Waals surface area contributed by atoms with E-state index in [9.17, 15) is 4.79 Å². The Labute approximate surface area is 142 Å². The number of para-hydroxylation sites is 2. The van der Waals surface area contributed by atoms with E-state index in [4.69, 9.17) is 14.7 Å². The minimum Gasteiger partial charge on any atom is -0.482 e. The Balaban J connectivity index is 1.93. The number of carbonyl (C=O) groups is 1. The third-order valence-electron chi connectivity index (χ3n) is 3.39. The molecule has 24 heavy (non-hydrogen) atoms. The van der Waals surface area contributed by atoms with Gasteiger partial charge < -0.3 is 14.4 Å². The van der Waals surface area contributed by atoms with Gasteiger partial charge in [0.1, 0.15) is 5.75 Å². The molecule has 0 amide bonds. The van der Waals surface area contributed by atoms with Crippen molar-refractivity contribution in [3.8, 4) is 11.8 Å². The van der Waals surface area contributed by atoms with Crippen LogP contribution in [0.2, 0.25) is 0 Å². The van der Waals surface area contributed by atoms with Crippen molar-refractivity contribution < 1.29 is 14.3 Å². The molecule has 0 aliphatic heterocycles. The van der Waals surface area contributed by atoms with Crippen LogP contribution in [0.1, 0.15) is 13.3 Å². The zero-order chi connectivity index (χ0) is 17.2. The molecule has 0 heterocycles. The monoisotopic (exact) mass is 324 g/mol. The van der Waals surface area contributed by atoms with E-state index in [0.717, 1.165) is 5.69 Å². The summed E-state index contributed by atoms with van der Waals surface area (Å²) in [5.74, 6) is 0.163. The molecule has 0 saturated heterocycles. The molecule has 0 saturated carbocycles. The van der Waals surface area contributed by atoms with E-state index in [-0.39, 0.29) is 6.61 Å². The van der Waals surface area contributed by atoms with E-state index in [1.54, 1.807) is 19.1 Å². The van der Waals surface area contributed by atoms with E-state index in [1.807, 2.05) is 53.4 Å². The third-order valence-corrected chi connectivity index (χ3v) is 3.39. The molecule has 2 aromatic carbocycles. The molecule has 0 aliphatic carbocycles. The van der Waals surface area contributed by atoms with Crippen molar-refractivity contribution in [2.75, 3.05) is 18.1 Å². The van der Waals surface area contributed by atoms with Crippen molar-refractivity contribution in [1.29, 1.82) is 5.26 Å². The van der Waals surface area contributed by atoms with Gasteiger partial charge in [-0.05, 0) is 31.2 Å². The predicted molar refractivity (Wildman–Crippen MR) is 91.5 cm³/mol. The molecule has 5 heteroatoms. The first-order valence-electron chi connectivity index (χ1n) is 7.76. The van der Waals surface area contributed by atoms with E-state index < -0.39 is 12.2 Å². The number of carbonyl (C=O) groups excluding carboxylic acids is 1. The summed E-state index contributed by atoms with van der Waals surface area (Å²) in [7, 11) is 0. The fraction of sp³-hybridized carbons (Fsp3) is 0.263. The predicted octanol–water partition coefficient (Wildman–Crippen LogP) is 3.37. The highest BCUT2D eigenvalue weighted by Crippen LogP contribution is 2.18. The number of esters is 1. The summed E-state index contributed by atoms with van der Waals surface area (Å²) in [6.45, 7) is 2.11. The minimum absolute atomic E-state index is 0.158. The van der Waals surface area contributed by atoms with Crippen LogP contribution in [0.25, 0.3) is 0 Å². The van der Waals surface area contributed by atoms with Crippen molar-refractivity contribution in [2.24, 2.45) is 0 Å². The van der Waals surface area contributed by atoms with Gasteiger partial charge in [0.05, 0.1) is 12.5 Å². The molecular formula is C19H20N2O3. The Morgan fingerprint density at radius 2 is 1.75 bits per heavy atom. The van der Waals surface area contributed by atoms with Gasteiger partial charge in [0.2, 0.25) is 0 Å². The second-order valence-corrected chi connectivity index (χ2v) is 5.13. The van der Waals surface area contributed by atoms with Gasteiger partial charge in [-0.25, -0.2) is 4.79 Å². The Morgan fingerprint density at radius 3 is 2.38 bits per heavy atom. The standard InChI is InChI=1S/C19H20N2O3/c1-16(21(14-8-13-20)17-9-4-2-5-10-17)24-19(22)15-23-18-11-6-3-7-12-18/h2-7,9-12,16H,8,14-15H2,1H3. The highest BCUT2D eigenvalue weighted by atomic mass is 16.6. The number of hydrogen-bond acceptors (Lipinski definition) is 5. The first-order valence-corrected chi connectivity index (χ1v) is 7.76. The maximum Gasteiger partial charge on any atom is 0.346 e. The van der Waals surface area contributed by atoms with Crippen LogP contribution >= 0.6 is 0 Å². The number of nitriles is 1. The van der Waals surface area contributed by atoms with Gasteiger partial charge in [0, 0.05) is 12.2 Å². The van der Waals surface area contributed by atoms with Crippen LogP contribution in [0, 0.1) is 11.3 Å². The SMILES string of the molecule is CC(OC(=O)COc1ccccc1)N(CCC#N)c1ccccc1. The second-order valence-electron chi connectivity index (χ2n) is 5.13. The number of rotatable bonds is 8. The molecule has 1 atom stereocenters. The summed E-state index contributed by atoms with van der Waals surface area (Å²) in [5.41, 5.74) is 0.900. The molecule has 2 aromatic rings.